The van der Waals surface area contributed by atoms with Gasteiger partial charge in [-0.1, -0.05) is 24.4 Å². The number of aliphatic carboxylic acids is 1. The molecule has 0 spiro atoms. The molecular weight excluding hydrogens is 352 g/mol. The van der Waals surface area contributed by atoms with E-state index in [1.54, 1.807) is 12.4 Å². The largest absolute Gasteiger partial charge is 0.481 e. The molecule has 26 heavy (non-hydrogen) atoms. The summed E-state index contributed by atoms with van der Waals surface area (Å²) in [4.78, 5) is 26.2. The second-order valence-electron chi connectivity index (χ2n) is 6.52. The number of halogens is 1. The van der Waals surface area contributed by atoms with E-state index >= 15 is 0 Å². The van der Waals surface area contributed by atoms with E-state index in [1.165, 1.54) is 0 Å². The lowest BCUT2D eigenvalue weighted by Gasteiger charge is -2.30. The average Bonchev–Trinajstić information content (AvgIpc) is 2.65. The van der Waals surface area contributed by atoms with Crippen LogP contribution in [0.4, 0.5) is 5.82 Å². The summed E-state index contributed by atoms with van der Waals surface area (Å²) in [5, 5.41) is 9.09. The van der Waals surface area contributed by atoms with E-state index in [0.717, 1.165) is 68.7 Å². The molecule has 3 heterocycles. The predicted octanol–water partition coefficient (Wildman–Crippen LogP) is 3.98. The van der Waals surface area contributed by atoms with Crippen LogP contribution >= 0.6 is 11.6 Å². The molecule has 1 N–H and O–H groups in total. The number of anilines is 1. The van der Waals surface area contributed by atoms with Gasteiger partial charge < -0.3 is 10.0 Å². The number of carboxylic acid groups (broad SMARTS) is 1. The Hall–Kier alpha value is -2.21. The Morgan fingerprint density at radius 2 is 1.92 bits per heavy atom. The molecular formula is C19H23ClN4O2. The van der Waals surface area contributed by atoms with E-state index in [1.807, 2.05) is 12.1 Å². The Kier molecular flexibility index (Phi) is 6.39. The summed E-state index contributed by atoms with van der Waals surface area (Å²) in [6.07, 6.45) is 9.40. The highest BCUT2D eigenvalue weighted by Gasteiger charge is 2.22. The molecule has 0 radical (unpaired) electrons. The minimum Gasteiger partial charge on any atom is -0.481 e. The molecule has 3 rings (SSSR count). The molecule has 0 atom stereocenters. The quantitative estimate of drug-likeness (QED) is 0.704. The van der Waals surface area contributed by atoms with Crippen LogP contribution in [0.25, 0.3) is 11.3 Å². The fourth-order valence-electron chi connectivity index (χ4n) is 3.25. The van der Waals surface area contributed by atoms with Crippen molar-refractivity contribution in [3.8, 4) is 11.3 Å². The fraction of sp³-hybridized carbons (Fsp3) is 0.474. The number of unbranched alkanes of at least 4 members (excludes halogenated alkanes) is 3. The van der Waals surface area contributed by atoms with Crippen molar-refractivity contribution in [2.75, 3.05) is 18.0 Å². The number of carbonyl (C=O) groups is 1. The monoisotopic (exact) mass is 374 g/mol. The normalized spacial score (nSPS) is 13.5. The third-order valence-corrected chi connectivity index (χ3v) is 4.83. The number of rotatable bonds is 8. The van der Waals surface area contributed by atoms with Crippen molar-refractivity contribution in [2.24, 2.45) is 0 Å². The topological polar surface area (TPSA) is 79.2 Å². The fourth-order valence-corrected chi connectivity index (χ4v) is 3.48. The zero-order valence-electron chi connectivity index (χ0n) is 14.7. The smallest absolute Gasteiger partial charge is 0.303 e. The highest BCUT2D eigenvalue weighted by Crippen LogP contribution is 2.31. The van der Waals surface area contributed by atoms with Gasteiger partial charge in [-0.05, 0) is 37.8 Å². The van der Waals surface area contributed by atoms with Crippen LogP contribution in [0.1, 0.15) is 44.2 Å². The van der Waals surface area contributed by atoms with Gasteiger partial charge in [-0.3, -0.25) is 9.78 Å². The highest BCUT2D eigenvalue weighted by molar-refractivity contribution is 6.31. The van der Waals surface area contributed by atoms with Gasteiger partial charge in [0.2, 0.25) is 0 Å². The minimum absolute atomic E-state index is 0.255. The summed E-state index contributed by atoms with van der Waals surface area (Å²) in [6, 6.07) is 3.78. The van der Waals surface area contributed by atoms with E-state index in [-0.39, 0.29) is 6.42 Å². The zero-order valence-corrected chi connectivity index (χ0v) is 15.5. The maximum absolute atomic E-state index is 10.5. The summed E-state index contributed by atoms with van der Waals surface area (Å²) in [7, 11) is 0. The van der Waals surface area contributed by atoms with Gasteiger partial charge in [0.05, 0.1) is 5.69 Å². The molecule has 1 aliphatic rings. The summed E-state index contributed by atoms with van der Waals surface area (Å²) in [5.41, 5.74) is 2.64. The van der Waals surface area contributed by atoms with E-state index in [9.17, 15) is 4.79 Å². The average molecular weight is 375 g/mol. The van der Waals surface area contributed by atoms with Crippen molar-refractivity contribution in [3.05, 3.63) is 35.4 Å². The molecule has 0 aromatic carbocycles. The first kappa shape index (κ1) is 18.6. The first-order valence-corrected chi connectivity index (χ1v) is 9.46. The Labute approximate surface area is 158 Å². The van der Waals surface area contributed by atoms with Crippen LogP contribution in [0, 0.1) is 0 Å². The number of nitrogens with zero attached hydrogens (tertiary/aromatic N) is 4. The Morgan fingerprint density at radius 1 is 1.15 bits per heavy atom. The molecule has 7 heteroatoms. The van der Waals surface area contributed by atoms with Crippen molar-refractivity contribution in [2.45, 2.75) is 44.9 Å². The molecule has 0 fully saturated rings. The van der Waals surface area contributed by atoms with E-state index in [4.69, 9.17) is 21.7 Å². The van der Waals surface area contributed by atoms with Gasteiger partial charge in [0.25, 0.3) is 0 Å². The summed E-state index contributed by atoms with van der Waals surface area (Å²) in [6.45, 7) is 1.86. The Morgan fingerprint density at radius 3 is 2.69 bits per heavy atom. The summed E-state index contributed by atoms with van der Waals surface area (Å²) >= 11 is 6.42. The summed E-state index contributed by atoms with van der Waals surface area (Å²) < 4.78 is 0. The maximum atomic E-state index is 10.5. The van der Waals surface area contributed by atoms with Crippen molar-refractivity contribution in [1.82, 2.24) is 15.0 Å². The third-order valence-electron chi connectivity index (χ3n) is 4.57. The van der Waals surface area contributed by atoms with Crippen LogP contribution in [-0.4, -0.2) is 39.1 Å². The van der Waals surface area contributed by atoms with Gasteiger partial charge in [0.15, 0.2) is 11.0 Å². The lowest BCUT2D eigenvalue weighted by Crippen LogP contribution is -2.32. The maximum Gasteiger partial charge on any atom is 0.303 e. The number of pyridine rings is 1. The number of aryl methyl sites for hydroxylation is 1. The number of carboxylic acids is 1. The number of fused-ring (bicyclic) bond motifs is 1. The van der Waals surface area contributed by atoms with Crippen LogP contribution < -0.4 is 4.90 Å². The lowest BCUT2D eigenvalue weighted by atomic mass is 10.1. The van der Waals surface area contributed by atoms with Gasteiger partial charge >= 0.3 is 5.97 Å². The van der Waals surface area contributed by atoms with E-state index < -0.39 is 5.97 Å². The van der Waals surface area contributed by atoms with Crippen molar-refractivity contribution in [3.63, 3.8) is 0 Å². The molecule has 2 aromatic heterocycles. The molecule has 6 nitrogen and oxygen atoms in total. The van der Waals surface area contributed by atoms with E-state index in [0.29, 0.717) is 10.8 Å². The van der Waals surface area contributed by atoms with Crippen LogP contribution in [-0.2, 0) is 11.2 Å². The molecule has 0 amide bonds. The Bertz CT molecular complexity index is 755. The molecule has 0 saturated heterocycles. The number of hydrogen-bond acceptors (Lipinski definition) is 5. The standard InChI is InChI=1S/C19H23ClN4O2/c20-18-17(14-8-10-21-11-9-14)22-15-6-5-13-24(19(15)23-18)12-4-2-1-3-7-16(25)26/h8-11H,1-7,12-13H2,(H,25,26). The van der Waals surface area contributed by atoms with Crippen LogP contribution in [0.2, 0.25) is 5.15 Å². The van der Waals surface area contributed by atoms with Gasteiger partial charge in [0.1, 0.15) is 5.69 Å². The number of aromatic nitrogens is 3. The van der Waals surface area contributed by atoms with E-state index in [2.05, 4.69) is 14.9 Å². The second kappa shape index (κ2) is 8.94. The zero-order chi connectivity index (χ0) is 18.4. The van der Waals surface area contributed by atoms with Crippen LogP contribution in [0.3, 0.4) is 0 Å². The molecule has 138 valence electrons. The minimum atomic E-state index is -0.718. The van der Waals surface area contributed by atoms with Crippen LogP contribution in [0.15, 0.2) is 24.5 Å². The molecule has 2 aromatic rings. The van der Waals surface area contributed by atoms with Gasteiger partial charge in [0, 0.05) is 37.5 Å². The SMILES string of the molecule is O=C(O)CCCCCCN1CCCc2nc(-c3ccncc3)c(Cl)nc21. The highest BCUT2D eigenvalue weighted by atomic mass is 35.5. The number of hydrogen-bond donors (Lipinski definition) is 1. The first-order valence-electron chi connectivity index (χ1n) is 9.08. The van der Waals surface area contributed by atoms with Crippen molar-refractivity contribution in [1.29, 1.82) is 0 Å². The first-order chi connectivity index (χ1) is 12.6. The van der Waals surface area contributed by atoms with Crippen LogP contribution in [0.5, 0.6) is 0 Å². The van der Waals surface area contributed by atoms with Gasteiger partial charge in [-0.15, -0.1) is 0 Å². The molecule has 1 aliphatic heterocycles. The molecule has 0 aliphatic carbocycles. The van der Waals surface area contributed by atoms with Gasteiger partial charge in [-0.25, -0.2) is 9.97 Å². The van der Waals surface area contributed by atoms with Crippen molar-refractivity contribution < 1.29 is 9.90 Å². The Balaban J connectivity index is 1.64. The van der Waals surface area contributed by atoms with Gasteiger partial charge in [-0.2, -0.15) is 0 Å². The third kappa shape index (κ3) is 4.69. The summed E-state index contributed by atoms with van der Waals surface area (Å²) in [5.74, 6) is 0.175. The second-order valence-corrected chi connectivity index (χ2v) is 6.88. The van der Waals surface area contributed by atoms with Crippen molar-refractivity contribution >= 4 is 23.4 Å². The predicted molar refractivity (Wildman–Crippen MR) is 102 cm³/mol. The molecule has 0 unspecified atom stereocenters. The molecule has 0 saturated carbocycles. The lowest BCUT2D eigenvalue weighted by molar-refractivity contribution is -0.137. The molecule has 0 bridgehead atoms.